The van der Waals surface area contributed by atoms with E-state index in [-0.39, 0.29) is 11.7 Å². The second-order valence-corrected chi connectivity index (χ2v) is 6.01. The molecule has 0 aliphatic carbocycles. The number of aliphatic imine (C=N–C) groups is 1. The molecule has 0 aromatic heterocycles. The number of carbonyl (C=O) groups excluding carboxylic acids is 1. The molecular formula is C12H13NO4S. The number of carbonyl (C=O) groups is 1. The van der Waals surface area contributed by atoms with Gasteiger partial charge in [-0.15, -0.1) is 0 Å². The Morgan fingerprint density at radius 1 is 1.28 bits per heavy atom. The summed E-state index contributed by atoms with van der Waals surface area (Å²) in [7, 11) is -3.52. The molecule has 0 amide bonds. The van der Waals surface area contributed by atoms with Crippen LogP contribution in [0.3, 0.4) is 0 Å². The number of nitrogens with zero attached hydrogens (tertiary/aromatic N) is 1. The van der Waals surface area contributed by atoms with Crippen LogP contribution in [0.4, 0.5) is 0 Å². The first-order chi connectivity index (χ1) is 8.57. The second-order valence-electron chi connectivity index (χ2n) is 3.95. The van der Waals surface area contributed by atoms with Crippen LogP contribution in [0.5, 0.6) is 0 Å². The van der Waals surface area contributed by atoms with Crippen molar-refractivity contribution >= 4 is 21.5 Å². The van der Waals surface area contributed by atoms with Gasteiger partial charge in [0.1, 0.15) is 18.1 Å². The van der Waals surface area contributed by atoms with E-state index >= 15 is 0 Å². The Morgan fingerprint density at radius 3 is 2.61 bits per heavy atom. The average Bonchev–Trinajstić information content (AvgIpc) is 2.81. The normalized spacial score (nSPS) is 15.0. The first-order valence-electron chi connectivity index (χ1n) is 5.52. The molecule has 0 fully saturated rings. The van der Waals surface area contributed by atoms with Gasteiger partial charge in [0.05, 0.1) is 6.54 Å². The van der Waals surface area contributed by atoms with Gasteiger partial charge in [-0.3, -0.25) is 9.79 Å². The highest BCUT2D eigenvalue weighted by molar-refractivity contribution is 7.92. The summed E-state index contributed by atoms with van der Waals surface area (Å²) in [6.07, 6.45) is 0. The smallest absolute Gasteiger partial charge is 0.198 e. The number of ether oxygens (including phenoxy) is 1. The van der Waals surface area contributed by atoms with Crippen LogP contribution in [-0.4, -0.2) is 44.8 Å². The largest absolute Gasteiger partial charge is 0.478 e. The fourth-order valence-corrected chi connectivity index (χ4v) is 2.83. The molecule has 0 atom stereocenters. The molecule has 18 heavy (non-hydrogen) atoms. The van der Waals surface area contributed by atoms with E-state index in [0.29, 0.717) is 18.7 Å². The molecule has 96 valence electrons. The Bertz CT molecular complexity index is 563. The Morgan fingerprint density at radius 2 is 2.00 bits per heavy atom. The van der Waals surface area contributed by atoms with Crippen LogP contribution in [0.1, 0.15) is 10.4 Å². The van der Waals surface area contributed by atoms with E-state index in [1.807, 2.05) is 0 Å². The maximum atomic E-state index is 11.8. The highest BCUT2D eigenvalue weighted by Gasteiger charge is 2.22. The van der Waals surface area contributed by atoms with Gasteiger partial charge in [-0.2, -0.15) is 0 Å². The first-order valence-corrected chi connectivity index (χ1v) is 7.34. The molecule has 0 spiro atoms. The van der Waals surface area contributed by atoms with Crippen LogP contribution < -0.4 is 0 Å². The Kier molecular flexibility index (Phi) is 3.76. The zero-order valence-corrected chi connectivity index (χ0v) is 10.5. The molecule has 2 rings (SSSR count). The summed E-state index contributed by atoms with van der Waals surface area (Å²) in [6.45, 7) is 0.898. The number of hydrogen-bond donors (Lipinski definition) is 0. The van der Waals surface area contributed by atoms with Crippen molar-refractivity contribution in [2.75, 3.05) is 24.7 Å². The van der Waals surface area contributed by atoms with Crippen molar-refractivity contribution in [3.05, 3.63) is 35.9 Å². The van der Waals surface area contributed by atoms with E-state index in [1.165, 1.54) is 0 Å². The van der Waals surface area contributed by atoms with Crippen LogP contribution in [0.2, 0.25) is 0 Å². The lowest BCUT2D eigenvalue weighted by Crippen LogP contribution is -2.24. The lowest BCUT2D eigenvalue weighted by atomic mass is 10.2. The van der Waals surface area contributed by atoms with E-state index in [9.17, 15) is 13.2 Å². The Labute approximate surface area is 105 Å². The lowest BCUT2D eigenvalue weighted by Gasteiger charge is -2.04. The number of hydrogen-bond acceptors (Lipinski definition) is 5. The van der Waals surface area contributed by atoms with E-state index < -0.39 is 21.4 Å². The monoisotopic (exact) mass is 267 g/mol. The number of Topliss-reactive ketones (excluding diaryl/α,β-unsaturated/α-hetero) is 1. The molecule has 0 saturated heterocycles. The molecule has 1 heterocycles. The maximum Gasteiger partial charge on any atom is 0.198 e. The molecule has 1 aromatic carbocycles. The van der Waals surface area contributed by atoms with Crippen molar-refractivity contribution in [1.29, 1.82) is 0 Å². The van der Waals surface area contributed by atoms with Crippen molar-refractivity contribution in [3.63, 3.8) is 0 Å². The molecule has 6 heteroatoms. The van der Waals surface area contributed by atoms with E-state index in [4.69, 9.17) is 4.74 Å². The van der Waals surface area contributed by atoms with Gasteiger partial charge in [-0.05, 0) is 0 Å². The summed E-state index contributed by atoms with van der Waals surface area (Å²) in [4.78, 5) is 15.7. The topological polar surface area (TPSA) is 72.8 Å². The van der Waals surface area contributed by atoms with Crippen molar-refractivity contribution in [2.24, 2.45) is 4.99 Å². The third kappa shape index (κ3) is 3.40. The molecule has 1 aliphatic rings. The molecule has 1 aliphatic heterocycles. The van der Waals surface area contributed by atoms with Crippen LogP contribution in [0.15, 0.2) is 35.3 Å². The van der Waals surface area contributed by atoms with Gasteiger partial charge in [-0.25, -0.2) is 8.42 Å². The van der Waals surface area contributed by atoms with Crippen molar-refractivity contribution in [2.45, 2.75) is 0 Å². The van der Waals surface area contributed by atoms with E-state index in [0.717, 1.165) is 0 Å². The summed E-state index contributed by atoms with van der Waals surface area (Å²) in [5, 5.41) is 0. The third-order valence-corrected chi connectivity index (χ3v) is 3.83. The summed E-state index contributed by atoms with van der Waals surface area (Å²) < 4.78 is 28.6. The lowest BCUT2D eigenvalue weighted by molar-refractivity contribution is 0.102. The van der Waals surface area contributed by atoms with Crippen molar-refractivity contribution < 1.29 is 17.9 Å². The van der Waals surface area contributed by atoms with Crippen molar-refractivity contribution in [1.82, 2.24) is 0 Å². The summed E-state index contributed by atoms with van der Waals surface area (Å²) in [5.41, 5.74) is 0.398. The summed E-state index contributed by atoms with van der Waals surface area (Å²) in [5.74, 6) is -1.02. The zero-order chi connectivity index (χ0) is 13.0. The minimum Gasteiger partial charge on any atom is -0.478 e. The van der Waals surface area contributed by atoms with Gasteiger partial charge in [0.2, 0.25) is 0 Å². The van der Waals surface area contributed by atoms with Crippen LogP contribution in [0.25, 0.3) is 0 Å². The number of rotatable bonds is 5. The maximum absolute atomic E-state index is 11.8. The predicted octanol–water partition coefficient (Wildman–Crippen LogP) is 0.713. The molecule has 5 nitrogen and oxygen atoms in total. The minimum absolute atomic E-state index is 0.205. The standard InChI is InChI=1S/C12H13NO4S/c14-11(10-4-2-1-3-5-10)8-18(15,16)9-12-13-6-7-17-12/h1-5H,6-9H2. The summed E-state index contributed by atoms with van der Waals surface area (Å²) in [6, 6.07) is 8.36. The Hall–Kier alpha value is -1.69. The first kappa shape index (κ1) is 12.8. The predicted molar refractivity (Wildman–Crippen MR) is 67.7 cm³/mol. The van der Waals surface area contributed by atoms with Gasteiger partial charge < -0.3 is 4.74 Å². The SMILES string of the molecule is O=C(CS(=O)(=O)CC1=NCCO1)c1ccccc1. The second kappa shape index (κ2) is 5.30. The van der Waals surface area contributed by atoms with Gasteiger partial charge in [-0.1, -0.05) is 30.3 Å². The minimum atomic E-state index is -3.52. The molecule has 0 bridgehead atoms. The van der Waals surface area contributed by atoms with Crippen LogP contribution in [0, 0.1) is 0 Å². The van der Waals surface area contributed by atoms with Crippen LogP contribution in [-0.2, 0) is 14.6 Å². The third-order valence-electron chi connectivity index (χ3n) is 2.44. The van der Waals surface area contributed by atoms with E-state index in [2.05, 4.69) is 4.99 Å². The highest BCUT2D eigenvalue weighted by Crippen LogP contribution is 2.05. The molecular weight excluding hydrogens is 254 g/mol. The number of sulfone groups is 1. The fourth-order valence-electron chi connectivity index (χ4n) is 1.61. The molecule has 0 saturated carbocycles. The van der Waals surface area contributed by atoms with Gasteiger partial charge in [0.25, 0.3) is 0 Å². The molecule has 1 aromatic rings. The van der Waals surface area contributed by atoms with Gasteiger partial charge in [0.15, 0.2) is 21.5 Å². The quantitative estimate of drug-likeness (QED) is 0.737. The van der Waals surface area contributed by atoms with Crippen molar-refractivity contribution in [3.8, 4) is 0 Å². The number of ketones is 1. The zero-order valence-electron chi connectivity index (χ0n) is 9.70. The van der Waals surface area contributed by atoms with E-state index in [1.54, 1.807) is 30.3 Å². The fraction of sp³-hybridized carbons (Fsp3) is 0.333. The van der Waals surface area contributed by atoms with Crippen LogP contribution >= 0.6 is 0 Å². The molecule has 0 unspecified atom stereocenters. The molecule has 0 radical (unpaired) electrons. The average molecular weight is 267 g/mol. The van der Waals surface area contributed by atoms with Gasteiger partial charge >= 0.3 is 0 Å². The van der Waals surface area contributed by atoms with Gasteiger partial charge in [0, 0.05) is 5.56 Å². The Balaban J connectivity index is 2.02. The highest BCUT2D eigenvalue weighted by atomic mass is 32.2. The molecule has 0 N–H and O–H groups in total. The summed E-state index contributed by atoms with van der Waals surface area (Å²) >= 11 is 0. The number of benzene rings is 1.